The average molecular weight is 408 g/mol. The smallest absolute Gasteiger partial charge is 0.211 e. The van der Waals surface area contributed by atoms with Crippen molar-refractivity contribution < 1.29 is 17.9 Å². The van der Waals surface area contributed by atoms with Crippen LogP contribution in [-0.4, -0.2) is 50.5 Å². The fourth-order valence-corrected chi connectivity index (χ4v) is 5.65. The van der Waals surface area contributed by atoms with Gasteiger partial charge in [0.05, 0.1) is 19.4 Å². The summed E-state index contributed by atoms with van der Waals surface area (Å²) >= 11 is 1.79. The molecule has 5 nitrogen and oxygen atoms in total. The predicted molar refractivity (Wildman–Crippen MR) is 110 cm³/mol. The topological polar surface area (TPSA) is 55.8 Å². The summed E-state index contributed by atoms with van der Waals surface area (Å²) in [4.78, 5) is 0. The normalized spacial score (nSPS) is 20.5. The number of para-hydroxylation sites is 1. The highest BCUT2D eigenvalue weighted by molar-refractivity contribution is 7.99. The summed E-state index contributed by atoms with van der Waals surface area (Å²) in [5, 5.41) is 0.256. The van der Waals surface area contributed by atoms with Crippen LogP contribution < -0.4 is 9.47 Å². The van der Waals surface area contributed by atoms with Crippen molar-refractivity contribution in [1.82, 2.24) is 4.31 Å². The van der Waals surface area contributed by atoms with E-state index in [4.69, 9.17) is 9.47 Å². The van der Waals surface area contributed by atoms with E-state index in [0.29, 0.717) is 13.2 Å². The van der Waals surface area contributed by atoms with Gasteiger partial charge in [0.2, 0.25) is 10.0 Å². The Balaban J connectivity index is 1.58. The summed E-state index contributed by atoms with van der Waals surface area (Å²) in [6.07, 6.45) is 2.07. The van der Waals surface area contributed by atoms with Crippen molar-refractivity contribution >= 4 is 21.8 Å². The summed E-state index contributed by atoms with van der Waals surface area (Å²) in [5.74, 6) is 2.45. The van der Waals surface area contributed by atoms with Crippen LogP contribution in [-0.2, 0) is 15.8 Å². The van der Waals surface area contributed by atoms with Gasteiger partial charge < -0.3 is 9.47 Å². The molecule has 1 aliphatic rings. The Hall–Kier alpha value is -1.70. The molecule has 7 heteroatoms. The zero-order valence-corrected chi connectivity index (χ0v) is 17.2. The van der Waals surface area contributed by atoms with E-state index in [1.54, 1.807) is 23.2 Å². The average Bonchev–Trinajstić information content (AvgIpc) is 3.10. The maximum Gasteiger partial charge on any atom is 0.211 e. The summed E-state index contributed by atoms with van der Waals surface area (Å²) in [6, 6.07) is 17.4. The van der Waals surface area contributed by atoms with Gasteiger partial charge in [-0.15, -0.1) is 0 Å². The largest absolute Gasteiger partial charge is 0.497 e. The van der Waals surface area contributed by atoms with E-state index >= 15 is 0 Å². The molecule has 0 aliphatic carbocycles. The summed E-state index contributed by atoms with van der Waals surface area (Å²) in [5.41, 5.74) is 1.20. The molecule has 0 saturated carbocycles. The van der Waals surface area contributed by atoms with Crippen LogP contribution in [0.4, 0.5) is 0 Å². The van der Waals surface area contributed by atoms with Crippen molar-refractivity contribution in [3.8, 4) is 11.5 Å². The minimum absolute atomic E-state index is 0.131. The number of hydrogen-bond donors (Lipinski definition) is 0. The number of sulfonamides is 1. The standard InChI is InChI=1S/C20H25NO4S2/c1-24-18-10-8-16(9-11-18)15-26-20-12-17(21(13-20)27(2,22)23)14-25-19-6-4-3-5-7-19/h3-11,17,20H,12-15H2,1-2H3. The number of rotatable bonds is 8. The quantitative estimate of drug-likeness (QED) is 0.671. The lowest BCUT2D eigenvalue weighted by atomic mass is 10.2. The highest BCUT2D eigenvalue weighted by atomic mass is 32.2. The minimum Gasteiger partial charge on any atom is -0.497 e. The Bertz CT molecular complexity index is 825. The second-order valence-electron chi connectivity index (χ2n) is 6.63. The zero-order chi connectivity index (χ0) is 19.3. The Morgan fingerprint density at radius 2 is 1.78 bits per heavy atom. The van der Waals surface area contributed by atoms with Gasteiger partial charge in [-0.1, -0.05) is 30.3 Å². The lowest BCUT2D eigenvalue weighted by molar-refractivity contribution is 0.233. The summed E-state index contributed by atoms with van der Waals surface area (Å²) < 4.78 is 37.0. The van der Waals surface area contributed by atoms with Gasteiger partial charge in [0, 0.05) is 17.5 Å². The molecule has 1 fully saturated rings. The molecule has 0 N–H and O–H groups in total. The molecule has 0 amide bonds. The summed E-state index contributed by atoms with van der Waals surface area (Å²) in [7, 11) is -1.61. The van der Waals surface area contributed by atoms with Gasteiger partial charge in [-0.2, -0.15) is 16.1 Å². The van der Waals surface area contributed by atoms with E-state index < -0.39 is 10.0 Å². The first-order valence-electron chi connectivity index (χ1n) is 8.85. The molecule has 0 bridgehead atoms. The van der Waals surface area contributed by atoms with E-state index in [1.807, 2.05) is 54.6 Å². The molecule has 146 valence electrons. The third-order valence-electron chi connectivity index (χ3n) is 4.58. The van der Waals surface area contributed by atoms with Gasteiger partial charge in [0.25, 0.3) is 0 Å². The molecule has 0 aromatic heterocycles. The predicted octanol–water partition coefficient (Wildman–Crippen LogP) is 3.41. The van der Waals surface area contributed by atoms with Crippen LogP contribution in [0.3, 0.4) is 0 Å². The molecule has 0 radical (unpaired) electrons. The molecule has 2 unspecified atom stereocenters. The monoisotopic (exact) mass is 407 g/mol. The molecule has 1 saturated heterocycles. The van der Waals surface area contributed by atoms with E-state index in [9.17, 15) is 8.42 Å². The molecular formula is C20H25NO4S2. The van der Waals surface area contributed by atoms with Gasteiger partial charge in [-0.3, -0.25) is 0 Å². The van der Waals surface area contributed by atoms with Gasteiger partial charge in [-0.05, 0) is 36.2 Å². The van der Waals surface area contributed by atoms with Crippen molar-refractivity contribution in [2.75, 3.05) is 26.5 Å². The van der Waals surface area contributed by atoms with Gasteiger partial charge >= 0.3 is 0 Å². The van der Waals surface area contributed by atoms with Crippen molar-refractivity contribution in [1.29, 1.82) is 0 Å². The molecule has 3 rings (SSSR count). The lowest BCUT2D eigenvalue weighted by Gasteiger charge is -2.22. The van der Waals surface area contributed by atoms with E-state index in [2.05, 4.69) is 0 Å². The van der Waals surface area contributed by atoms with Crippen molar-refractivity contribution in [2.45, 2.75) is 23.5 Å². The van der Waals surface area contributed by atoms with Crippen LogP contribution in [0.5, 0.6) is 11.5 Å². The molecule has 27 heavy (non-hydrogen) atoms. The number of ether oxygens (including phenoxy) is 2. The number of nitrogens with zero attached hydrogens (tertiary/aromatic N) is 1. The maximum absolute atomic E-state index is 12.2. The Morgan fingerprint density at radius 3 is 2.41 bits per heavy atom. The number of hydrogen-bond acceptors (Lipinski definition) is 5. The molecule has 0 spiro atoms. The van der Waals surface area contributed by atoms with E-state index in [-0.39, 0.29) is 11.3 Å². The van der Waals surface area contributed by atoms with Crippen LogP contribution in [0, 0.1) is 0 Å². The lowest BCUT2D eigenvalue weighted by Crippen LogP contribution is -2.38. The SMILES string of the molecule is COc1ccc(CSC2CC(COc3ccccc3)N(S(C)(=O)=O)C2)cc1. The fourth-order valence-electron chi connectivity index (χ4n) is 3.17. The Morgan fingerprint density at radius 1 is 1.07 bits per heavy atom. The maximum atomic E-state index is 12.2. The first kappa shape index (κ1) is 20.0. The fraction of sp³-hybridized carbons (Fsp3) is 0.400. The van der Waals surface area contributed by atoms with Crippen LogP contribution in [0.1, 0.15) is 12.0 Å². The third-order valence-corrected chi connectivity index (χ3v) is 7.19. The van der Waals surface area contributed by atoms with Crippen LogP contribution in [0.25, 0.3) is 0 Å². The minimum atomic E-state index is -3.26. The first-order chi connectivity index (χ1) is 13.0. The Kier molecular flexibility index (Phi) is 6.68. The van der Waals surface area contributed by atoms with Crippen LogP contribution >= 0.6 is 11.8 Å². The second kappa shape index (κ2) is 8.99. The van der Waals surface area contributed by atoms with Crippen LogP contribution in [0.2, 0.25) is 0 Å². The van der Waals surface area contributed by atoms with Crippen LogP contribution in [0.15, 0.2) is 54.6 Å². The van der Waals surface area contributed by atoms with Crippen molar-refractivity contribution in [2.24, 2.45) is 0 Å². The highest BCUT2D eigenvalue weighted by Gasteiger charge is 2.38. The molecule has 2 atom stereocenters. The molecular weight excluding hydrogens is 382 g/mol. The highest BCUT2D eigenvalue weighted by Crippen LogP contribution is 2.32. The third kappa shape index (κ3) is 5.64. The number of thioether (sulfide) groups is 1. The van der Waals surface area contributed by atoms with Gasteiger partial charge in [0.1, 0.15) is 18.1 Å². The van der Waals surface area contributed by atoms with Crippen molar-refractivity contribution in [3.63, 3.8) is 0 Å². The summed E-state index contributed by atoms with van der Waals surface area (Å²) in [6.45, 7) is 0.902. The second-order valence-corrected chi connectivity index (χ2v) is 9.85. The molecule has 2 aromatic carbocycles. The molecule has 2 aromatic rings. The molecule has 1 aliphatic heterocycles. The van der Waals surface area contributed by atoms with E-state index in [0.717, 1.165) is 23.7 Å². The van der Waals surface area contributed by atoms with E-state index in [1.165, 1.54) is 11.8 Å². The first-order valence-corrected chi connectivity index (χ1v) is 11.7. The van der Waals surface area contributed by atoms with Crippen molar-refractivity contribution in [3.05, 3.63) is 60.2 Å². The number of benzene rings is 2. The molecule has 1 heterocycles. The van der Waals surface area contributed by atoms with Gasteiger partial charge in [0.15, 0.2) is 0 Å². The zero-order valence-electron chi connectivity index (χ0n) is 15.6. The number of methoxy groups -OCH3 is 1. The Labute approximate surface area is 165 Å². The van der Waals surface area contributed by atoms with Gasteiger partial charge in [-0.25, -0.2) is 8.42 Å².